The molecular weight excluding hydrogens is 315 g/mol. The summed E-state index contributed by atoms with van der Waals surface area (Å²) in [6.07, 6.45) is 1.90. The molecule has 14 heavy (non-hydrogen) atoms. The molecule has 1 nitrogen and oxygen atoms in total. The van der Waals surface area contributed by atoms with Crippen LogP contribution >= 0.6 is 31.9 Å². The number of halogens is 3. The van der Waals surface area contributed by atoms with Crippen molar-refractivity contribution in [3.63, 3.8) is 0 Å². The molecule has 0 saturated heterocycles. The van der Waals surface area contributed by atoms with E-state index in [-0.39, 0.29) is 0 Å². The quantitative estimate of drug-likeness (QED) is 0.741. The first-order valence-corrected chi connectivity index (χ1v) is 6.23. The van der Waals surface area contributed by atoms with Crippen LogP contribution in [0.5, 0.6) is 5.75 Å². The maximum Gasteiger partial charge on any atom is 0.228 e. The summed E-state index contributed by atoms with van der Waals surface area (Å²) in [5.41, 5.74) is 1.04. The van der Waals surface area contributed by atoms with Crippen LogP contribution in [0.15, 0.2) is 22.7 Å². The van der Waals surface area contributed by atoms with Gasteiger partial charge in [-0.2, -0.15) is 0 Å². The molecule has 0 aliphatic carbocycles. The van der Waals surface area contributed by atoms with Gasteiger partial charge in [0.2, 0.25) is 6.86 Å². The molecule has 0 amide bonds. The van der Waals surface area contributed by atoms with Crippen molar-refractivity contribution in [2.75, 3.05) is 12.2 Å². The Balaban J connectivity index is 2.83. The standard InChI is InChI=1S/C10H11Br2FO/c11-6-2-4-8-3-1-5-9(12)10(8)14-7-13/h1,3,5H,2,4,6-7H2. The molecule has 1 aromatic rings. The maximum atomic E-state index is 12.1. The Morgan fingerprint density at radius 1 is 1.36 bits per heavy atom. The van der Waals surface area contributed by atoms with Gasteiger partial charge in [0.1, 0.15) is 5.75 Å². The molecule has 0 atom stereocenters. The maximum absolute atomic E-state index is 12.1. The lowest BCUT2D eigenvalue weighted by Gasteiger charge is -2.10. The van der Waals surface area contributed by atoms with Crippen molar-refractivity contribution >= 4 is 31.9 Å². The predicted octanol–water partition coefficient (Wildman–Crippen LogP) is 4.08. The molecule has 0 aliphatic heterocycles. The lowest BCUT2D eigenvalue weighted by atomic mass is 10.1. The third-order valence-corrected chi connectivity index (χ3v) is 3.01. The molecular formula is C10H11Br2FO. The van der Waals surface area contributed by atoms with Gasteiger partial charge < -0.3 is 4.74 Å². The van der Waals surface area contributed by atoms with E-state index in [0.717, 1.165) is 28.2 Å². The van der Waals surface area contributed by atoms with Crippen molar-refractivity contribution in [3.8, 4) is 5.75 Å². The van der Waals surface area contributed by atoms with Gasteiger partial charge in [-0.15, -0.1) is 0 Å². The smallest absolute Gasteiger partial charge is 0.228 e. The molecule has 1 aromatic carbocycles. The van der Waals surface area contributed by atoms with Crippen LogP contribution < -0.4 is 4.74 Å². The van der Waals surface area contributed by atoms with Gasteiger partial charge >= 0.3 is 0 Å². The van der Waals surface area contributed by atoms with Gasteiger partial charge in [0.25, 0.3) is 0 Å². The second-order valence-corrected chi connectivity index (χ2v) is 4.42. The Labute approximate surface area is 99.9 Å². The van der Waals surface area contributed by atoms with E-state index < -0.39 is 6.86 Å². The van der Waals surface area contributed by atoms with E-state index in [2.05, 4.69) is 31.9 Å². The molecule has 1 rings (SSSR count). The number of alkyl halides is 2. The summed E-state index contributed by atoms with van der Waals surface area (Å²) in [7, 11) is 0. The van der Waals surface area contributed by atoms with Crippen molar-refractivity contribution in [1.82, 2.24) is 0 Å². The van der Waals surface area contributed by atoms with Crippen LogP contribution in [-0.4, -0.2) is 12.2 Å². The van der Waals surface area contributed by atoms with Gasteiger partial charge in [0.05, 0.1) is 4.47 Å². The second-order valence-electron chi connectivity index (χ2n) is 2.77. The zero-order valence-electron chi connectivity index (χ0n) is 7.60. The first-order valence-electron chi connectivity index (χ1n) is 4.31. The Morgan fingerprint density at radius 2 is 2.14 bits per heavy atom. The minimum atomic E-state index is -0.788. The number of benzene rings is 1. The molecule has 4 heteroatoms. The molecule has 0 aromatic heterocycles. The van der Waals surface area contributed by atoms with E-state index in [1.54, 1.807) is 0 Å². The van der Waals surface area contributed by atoms with Gasteiger partial charge in [0.15, 0.2) is 0 Å². The van der Waals surface area contributed by atoms with Crippen molar-refractivity contribution in [2.45, 2.75) is 12.8 Å². The summed E-state index contributed by atoms with van der Waals surface area (Å²) < 4.78 is 17.9. The Kier molecular flexibility index (Phi) is 5.48. The molecule has 78 valence electrons. The van der Waals surface area contributed by atoms with E-state index in [0.29, 0.717) is 5.75 Å². The summed E-state index contributed by atoms with van der Waals surface area (Å²) in [5.74, 6) is 0.621. The number of rotatable bonds is 5. The SMILES string of the molecule is FCOc1c(Br)cccc1CCCBr. The van der Waals surface area contributed by atoms with E-state index in [4.69, 9.17) is 4.74 Å². The van der Waals surface area contributed by atoms with Gasteiger partial charge in [0, 0.05) is 5.33 Å². The van der Waals surface area contributed by atoms with Crippen LogP contribution in [0.2, 0.25) is 0 Å². The fraction of sp³-hybridized carbons (Fsp3) is 0.400. The molecule has 0 saturated carbocycles. The molecule has 0 fully saturated rings. The number of hydrogen-bond acceptors (Lipinski definition) is 1. The van der Waals surface area contributed by atoms with E-state index in [1.807, 2.05) is 18.2 Å². The first kappa shape index (κ1) is 12.0. The van der Waals surface area contributed by atoms with Crippen molar-refractivity contribution < 1.29 is 9.13 Å². The lowest BCUT2D eigenvalue weighted by Crippen LogP contribution is -1.97. The highest BCUT2D eigenvalue weighted by Gasteiger charge is 2.07. The fourth-order valence-electron chi connectivity index (χ4n) is 1.22. The molecule has 0 aliphatic rings. The first-order chi connectivity index (χ1) is 6.79. The van der Waals surface area contributed by atoms with Crippen LogP contribution in [0.25, 0.3) is 0 Å². The monoisotopic (exact) mass is 324 g/mol. The molecule has 0 radical (unpaired) electrons. The minimum absolute atomic E-state index is 0.621. The van der Waals surface area contributed by atoms with Crippen LogP contribution in [0.3, 0.4) is 0 Å². The highest BCUT2D eigenvalue weighted by molar-refractivity contribution is 9.10. The van der Waals surface area contributed by atoms with Gasteiger partial charge in [-0.05, 0) is 40.4 Å². The van der Waals surface area contributed by atoms with Gasteiger partial charge in [-0.25, -0.2) is 4.39 Å². The summed E-state index contributed by atoms with van der Waals surface area (Å²) in [4.78, 5) is 0. The molecule has 0 unspecified atom stereocenters. The lowest BCUT2D eigenvalue weighted by molar-refractivity contribution is 0.189. The van der Waals surface area contributed by atoms with Crippen LogP contribution in [0, 0.1) is 0 Å². The van der Waals surface area contributed by atoms with E-state index in [9.17, 15) is 4.39 Å². The highest BCUT2D eigenvalue weighted by atomic mass is 79.9. The van der Waals surface area contributed by atoms with Crippen LogP contribution in [-0.2, 0) is 6.42 Å². The fourth-order valence-corrected chi connectivity index (χ4v) is 2.03. The number of ether oxygens (including phenoxy) is 1. The second kappa shape index (κ2) is 6.40. The third-order valence-electron chi connectivity index (χ3n) is 1.83. The van der Waals surface area contributed by atoms with Gasteiger partial charge in [-0.3, -0.25) is 0 Å². The molecule has 0 spiro atoms. The van der Waals surface area contributed by atoms with Crippen molar-refractivity contribution in [3.05, 3.63) is 28.2 Å². The zero-order chi connectivity index (χ0) is 10.4. The summed E-state index contributed by atoms with van der Waals surface area (Å²) >= 11 is 6.70. The predicted molar refractivity (Wildman–Crippen MR) is 62.9 cm³/mol. The van der Waals surface area contributed by atoms with Gasteiger partial charge in [-0.1, -0.05) is 28.1 Å². The summed E-state index contributed by atoms with van der Waals surface area (Å²) in [5, 5.41) is 0.939. The Bertz CT molecular complexity index is 291. The average Bonchev–Trinajstić information content (AvgIpc) is 2.19. The topological polar surface area (TPSA) is 9.23 Å². The molecule has 0 heterocycles. The highest BCUT2D eigenvalue weighted by Crippen LogP contribution is 2.30. The van der Waals surface area contributed by atoms with Crippen molar-refractivity contribution in [2.24, 2.45) is 0 Å². The molecule has 0 bridgehead atoms. The van der Waals surface area contributed by atoms with E-state index >= 15 is 0 Å². The number of para-hydroxylation sites is 1. The van der Waals surface area contributed by atoms with Crippen LogP contribution in [0.1, 0.15) is 12.0 Å². The Hall–Kier alpha value is -0.0900. The minimum Gasteiger partial charge on any atom is -0.461 e. The van der Waals surface area contributed by atoms with Crippen LogP contribution in [0.4, 0.5) is 4.39 Å². The van der Waals surface area contributed by atoms with E-state index in [1.165, 1.54) is 0 Å². The normalized spacial score (nSPS) is 10.2. The largest absolute Gasteiger partial charge is 0.461 e. The summed E-state index contributed by atoms with van der Waals surface area (Å²) in [6, 6.07) is 5.74. The Morgan fingerprint density at radius 3 is 2.79 bits per heavy atom. The summed E-state index contributed by atoms with van der Waals surface area (Å²) in [6.45, 7) is -0.788. The average molecular weight is 326 g/mol. The molecule has 0 N–H and O–H groups in total. The third kappa shape index (κ3) is 3.24. The number of aryl methyl sites for hydroxylation is 1. The zero-order valence-corrected chi connectivity index (χ0v) is 10.8. The number of hydrogen-bond donors (Lipinski definition) is 0. The van der Waals surface area contributed by atoms with Crippen molar-refractivity contribution in [1.29, 1.82) is 0 Å².